The fourth-order valence-corrected chi connectivity index (χ4v) is 2.03. The lowest BCUT2D eigenvalue weighted by molar-refractivity contribution is -0.384. The van der Waals surface area contributed by atoms with Crippen LogP contribution in [0.15, 0.2) is 18.2 Å². The summed E-state index contributed by atoms with van der Waals surface area (Å²) < 4.78 is 5.07. The van der Waals surface area contributed by atoms with Crippen LogP contribution in [0.3, 0.4) is 0 Å². The molecule has 1 aliphatic heterocycles. The number of hydrogen-bond acceptors (Lipinski definition) is 5. The number of amides is 1. The highest BCUT2D eigenvalue weighted by Gasteiger charge is 2.21. The highest BCUT2D eigenvalue weighted by Crippen LogP contribution is 2.24. The molecular weight excluding hydrogens is 286 g/mol. The summed E-state index contributed by atoms with van der Waals surface area (Å²) >= 11 is 0. The molecule has 0 bridgehead atoms. The molecule has 1 atom stereocenters. The highest BCUT2D eigenvalue weighted by atomic mass is 35.5. The molecular formula is C12H16ClN3O4. The van der Waals surface area contributed by atoms with E-state index in [9.17, 15) is 14.9 Å². The van der Waals surface area contributed by atoms with Crippen LogP contribution in [0.25, 0.3) is 0 Å². The third-order valence-corrected chi connectivity index (χ3v) is 3.03. The Kier molecular flexibility index (Phi) is 5.72. The summed E-state index contributed by atoms with van der Waals surface area (Å²) in [7, 11) is 1.43. The van der Waals surface area contributed by atoms with E-state index in [4.69, 9.17) is 4.74 Å². The Balaban J connectivity index is 0.00000200. The SMILES string of the molecule is COc1ccc([N+](=O)[O-])cc1C(=O)NC1CCNC1.Cl. The molecule has 0 spiro atoms. The lowest BCUT2D eigenvalue weighted by Crippen LogP contribution is -2.36. The Morgan fingerprint density at radius 2 is 2.30 bits per heavy atom. The molecule has 20 heavy (non-hydrogen) atoms. The first-order valence-corrected chi connectivity index (χ1v) is 5.96. The molecule has 0 aliphatic carbocycles. The molecule has 7 nitrogen and oxygen atoms in total. The molecule has 8 heteroatoms. The molecule has 0 radical (unpaired) electrons. The maximum Gasteiger partial charge on any atom is 0.270 e. The smallest absolute Gasteiger partial charge is 0.270 e. The second-order valence-electron chi connectivity index (χ2n) is 4.30. The number of carbonyl (C=O) groups excluding carboxylic acids is 1. The summed E-state index contributed by atoms with van der Waals surface area (Å²) in [6, 6.07) is 4.03. The highest BCUT2D eigenvalue weighted by molar-refractivity contribution is 5.97. The van der Waals surface area contributed by atoms with Crippen molar-refractivity contribution in [3.63, 3.8) is 0 Å². The Morgan fingerprint density at radius 1 is 1.55 bits per heavy atom. The van der Waals surface area contributed by atoms with Crippen molar-refractivity contribution in [2.45, 2.75) is 12.5 Å². The summed E-state index contributed by atoms with van der Waals surface area (Å²) in [5.74, 6) is -0.0247. The number of nitrogens with one attached hydrogen (secondary N) is 2. The van der Waals surface area contributed by atoms with Gasteiger partial charge >= 0.3 is 0 Å². The number of methoxy groups -OCH3 is 1. The number of nitro benzene ring substituents is 1. The Hall–Kier alpha value is -1.86. The largest absolute Gasteiger partial charge is 0.496 e. The molecule has 110 valence electrons. The average Bonchev–Trinajstić information content (AvgIpc) is 2.90. The number of non-ortho nitro benzene ring substituents is 1. The van der Waals surface area contributed by atoms with E-state index in [0.717, 1.165) is 13.0 Å². The minimum absolute atomic E-state index is 0. The van der Waals surface area contributed by atoms with Gasteiger partial charge in [0.2, 0.25) is 0 Å². The van der Waals surface area contributed by atoms with Crippen LogP contribution >= 0.6 is 12.4 Å². The van der Waals surface area contributed by atoms with Gasteiger partial charge in [-0.1, -0.05) is 0 Å². The van der Waals surface area contributed by atoms with Gasteiger partial charge in [-0.2, -0.15) is 0 Å². The van der Waals surface area contributed by atoms with Gasteiger partial charge < -0.3 is 15.4 Å². The zero-order chi connectivity index (χ0) is 13.8. The number of rotatable bonds is 4. The zero-order valence-electron chi connectivity index (χ0n) is 10.9. The standard InChI is InChI=1S/C12H15N3O4.ClH/c1-19-11-3-2-9(15(17)18)6-10(11)12(16)14-8-4-5-13-7-8;/h2-3,6,8,13H,4-5,7H2,1H3,(H,14,16);1H. The molecule has 1 unspecified atom stereocenters. The molecule has 0 aromatic heterocycles. The van der Waals surface area contributed by atoms with E-state index in [1.165, 1.54) is 25.3 Å². The summed E-state index contributed by atoms with van der Waals surface area (Å²) in [5, 5.41) is 16.7. The van der Waals surface area contributed by atoms with Gasteiger partial charge in [0.1, 0.15) is 5.75 Å². The van der Waals surface area contributed by atoms with E-state index in [2.05, 4.69) is 10.6 Å². The molecule has 0 saturated carbocycles. The van der Waals surface area contributed by atoms with Crippen molar-refractivity contribution in [2.24, 2.45) is 0 Å². The first-order chi connectivity index (χ1) is 9.11. The molecule has 1 amide bonds. The quantitative estimate of drug-likeness (QED) is 0.642. The van der Waals surface area contributed by atoms with Gasteiger partial charge in [0.25, 0.3) is 11.6 Å². The van der Waals surface area contributed by atoms with Gasteiger partial charge in [-0.3, -0.25) is 14.9 Å². The zero-order valence-corrected chi connectivity index (χ0v) is 11.7. The minimum atomic E-state index is -0.534. The average molecular weight is 302 g/mol. The van der Waals surface area contributed by atoms with Crippen LogP contribution < -0.4 is 15.4 Å². The predicted molar refractivity (Wildman–Crippen MR) is 75.6 cm³/mol. The molecule has 2 rings (SSSR count). The van der Waals surface area contributed by atoms with Gasteiger partial charge in [-0.15, -0.1) is 12.4 Å². The molecule has 1 heterocycles. The summed E-state index contributed by atoms with van der Waals surface area (Å²) in [6.07, 6.45) is 0.850. The first kappa shape index (κ1) is 16.2. The third kappa shape index (κ3) is 3.58. The molecule has 1 saturated heterocycles. The van der Waals surface area contributed by atoms with Gasteiger partial charge in [-0.05, 0) is 19.0 Å². The van der Waals surface area contributed by atoms with Crippen molar-refractivity contribution in [3.05, 3.63) is 33.9 Å². The monoisotopic (exact) mass is 301 g/mol. The number of hydrogen-bond donors (Lipinski definition) is 2. The second kappa shape index (κ2) is 7.06. The van der Waals surface area contributed by atoms with Gasteiger partial charge in [0.05, 0.1) is 17.6 Å². The molecule has 1 aromatic carbocycles. The van der Waals surface area contributed by atoms with Crippen molar-refractivity contribution in [2.75, 3.05) is 20.2 Å². The van der Waals surface area contributed by atoms with Crippen LogP contribution in [0.1, 0.15) is 16.8 Å². The van der Waals surface area contributed by atoms with Gasteiger partial charge in [0.15, 0.2) is 0 Å². The fraction of sp³-hybridized carbons (Fsp3) is 0.417. The van der Waals surface area contributed by atoms with E-state index >= 15 is 0 Å². The summed E-state index contributed by atoms with van der Waals surface area (Å²) in [6.45, 7) is 1.57. The van der Waals surface area contributed by atoms with Crippen LogP contribution in [-0.4, -0.2) is 37.1 Å². The Morgan fingerprint density at radius 3 is 2.85 bits per heavy atom. The van der Waals surface area contributed by atoms with Crippen molar-refractivity contribution in [1.29, 1.82) is 0 Å². The molecule has 1 aromatic rings. The number of nitro groups is 1. The first-order valence-electron chi connectivity index (χ1n) is 5.96. The maximum atomic E-state index is 12.1. The lowest BCUT2D eigenvalue weighted by Gasteiger charge is -2.13. The van der Waals surface area contributed by atoms with Crippen molar-refractivity contribution in [1.82, 2.24) is 10.6 Å². The topological polar surface area (TPSA) is 93.5 Å². The van der Waals surface area contributed by atoms with Gasteiger partial charge in [0, 0.05) is 24.7 Å². The second-order valence-corrected chi connectivity index (χ2v) is 4.30. The normalized spacial score (nSPS) is 17.1. The number of nitrogens with zero attached hydrogens (tertiary/aromatic N) is 1. The van der Waals surface area contributed by atoms with E-state index in [0.29, 0.717) is 12.3 Å². The lowest BCUT2D eigenvalue weighted by atomic mass is 10.1. The summed E-state index contributed by atoms with van der Waals surface area (Å²) in [5.41, 5.74) is 0.0547. The van der Waals surface area contributed by atoms with Crippen LogP contribution in [0.5, 0.6) is 5.75 Å². The molecule has 1 fully saturated rings. The number of ether oxygens (including phenoxy) is 1. The minimum Gasteiger partial charge on any atom is -0.496 e. The van der Waals surface area contributed by atoms with Gasteiger partial charge in [-0.25, -0.2) is 0 Å². The maximum absolute atomic E-state index is 12.1. The number of halogens is 1. The van der Waals surface area contributed by atoms with E-state index in [-0.39, 0.29) is 35.6 Å². The van der Waals surface area contributed by atoms with E-state index < -0.39 is 4.92 Å². The van der Waals surface area contributed by atoms with E-state index in [1.54, 1.807) is 0 Å². The Bertz CT molecular complexity index is 503. The number of benzene rings is 1. The van der Waals surface area contributed by atoms with Crippen LogP contribution in [-0.2, 0) is 0 Å². The van der Waals surface area contributed by atoms with Crippen LogP contribution in [0.2, 0.25) is 0 Å². The van der Waals surface area contributed by atoms with Crippen molar-refractivity contribution < 1.29 is 14.5 Å². The predicted octanol–water partition coefficient (Wildman–Crippen LogP) is 1.12. The molecule has 2 N–H and O–H groups in total. The number of carbonyl (C=O) groups is 1. The third-order valence-electron chi connectivity index (χ3n) is 3.03. The van der Waals surface area contributed by atoms with Crippen LogP contribution in [0.4, 0.5) is 5.69 Å². The fourth-order valence-electron chi connectivity index (χ4n) is 2.03. The molecule has 1 aliphatic rings. The Labute approximate surface area is 122 Å². The van der Waals surface area contributed by atoms with E-state index in [1.807, 2.05) is 0 Å². The summed E-state index contributed by atoms with van der Waals surface area (Å²) in [4.78, 5) is 22.3. The van der Waals surface area contributed by atoms with Crippen molar-refractivity contribution in [3.8, 4) is 5.75 Å². The van der Waals surface area contributed by atoms with Crippen molar-refractivity contribution >= 4 is 24.0 Å². The van der Waals surface area contributed by atoms with Crippen LogP contribution in [0, 0.1) is 10.1 Å².